The first-order valence-electron chi connectivity index (χ1n) is 10.7. The zero-order valence-corrected chi connectivity index (χ0v) is 18.6. The van der Waals surface area contributed by atoms with E-state index in [0.29, 0.717) is 5.75 Å². The highest BCUT2D eigenvalue weighted by atomic mass is 32.2. The number of allylic oxidation sites excluding steroid dienone is 8. The molecule has 0 aromatic carbocycles. The number of aliphatic carboxylic acids is 2. The number of carboxylic acids is 2. The maximum absolute atomic E-state index is 10.9. The van der Waals surface area contributed by atoms with E-state index in [0.717, 1.165) is 38.5 Å². The Morgan fingerprint density at radius 3 is 1.69 bits per heavy atom. The summed E-state index contributed by atoms with van der Waals surface area (Å²) in [6.07, 6.45) is 28.1. The molecule has 4 nitrogen and oxygen atoms in total. The average Bonchev–Trinajstić information content (AvgIpc) is 2.68. The van der Waals surface area contributed by atoms with Crippen LogP contribution in [0.2, 0.25) is 0 Å². The quantitative estimate of drug-likeness (QED) is 0.177. The van der Waals surface area contributed by atoms with Crippen LogP contribution < -0.4 is 0 Å². The molecule has 0 heterocycles. The molecule has 0 spiro atoms. The van der Waals surface area contributed by atoms with Gasteiger partial charge in [-0.3, -0.25) is 9.59 Å². The second kappa shape index (κ2) is 21.0. The summed E-state index contributed by atoms with van der Waals surface area (Å²) < 4.78 is 0. The second-order valence-electron chi connectivity index (χ2n) is 6.88. The standard InChI is InChI=1S/C24H38O4S/c1-2-3-4-5-6-7-8-9-10-11-12-13-14-15-16-17-18-19-20-29-22(24(27)28)21-23(25)26/h6-7,9-10,12-13,15-16,22H,2-5,8,11,14,17-21H2,1H3,(H,25,26)(H,27,28). The molecule has 29 heavy (non-hydrogen) atoms. The van der Waals surface area contributed by atoms with Crippen molar-refractivity contribution in [1.29, 1.82) is 0 Å². The van der Waals surface area contributed by atoms with Crippen LogP contribution in [0.3, 0.4) is 0 Å². The number of hydrogen-bond acceptors (Lipinski definition) is 3. The lowest BCUT2D eigenvalue weighted by Crippen LogP contribution is -2.20. The Morgan fingerprint density at radius 1 is 0.759 bits per heavy atom. The smallest absolute Gasteiger partial charge is 0.317 e. The molecule has 0 saturated carbocycles. The molecule has 1 atom stereocenters. The average molecular weight is 423 g/mol. The van der Waals surface area contributed by atoms with Crippen molar-refractivity contribution >= 4 is 23.7 Å². The highest BCUT2D eigenvalue weighted by Crippen LogP contribution is 2.17. The minimum Gasteiger partial charge on any atom is -0.481 e. The number of unbranched alkanes of at least 4 members (excludes halogenated alkanes) is 5. The van der Waals surface area contributed by atoms with E-state index in [1.165, 1.54) is 37.4 Å². The number of thioether (sulfide) groups is 1. The molecule has 0 fully saturated rings. The molecule has 0 radical (unpaired) electrons. The Kier molecular flexibility index (Phi) is 19.7. The van der Waals surface area contributed by atoms with E-state index in [1.54, 1.807) is 0 Å². The van der Waals surface area contributed by atoms with Crippen LogP contribution >= 0.6 is 11.8 Å². The van der Waals surface area contributed by atoms with Crippen molar-refractivity contribution in [2.75, 3.05) is 5.75 Å². The van der Waals surface area contributed by atoms with E-state index in [4.69, 9.17) is 10.2 Å². The number of hydrogen-bond donors (Lipinski definition) is 2. The van der Waals surface area contributed by atoms with Crippen LogP contribution in [0.1, 0.15) is 77.6 Å². The first kappa shape index (κ1) is 27.2. The highest BCUT2D eigenvalue weighted by Gasteiger charge is 2.20. The van der Waals surface area contributed by atoms with Gasteiger partial charge in [0.1, 0.15) is 5.25 Å². The minimum atomic E-state index is -1.06. The molecule has 0 aliphatic carbocycles. The summed E-state index contributed by atoms with van der Waals surface area (Å²) in [6.45, 7) is 2.23. The van der Waals surface area contributed by atoms with E-state index in [2.05, 4.69) is 55.5 Å². The van der Waals surface area contributed by atoms with Crippen molar-refractivity contribution in [3.05, 3.63) is 48.6 Å². The Labute approximate surface area is 180 Å². The van der Waals surface area contributed by atoms with Gasteiger partial charge in [-0.2, -0.15) is 0 Å². The largest absolute Gasteiger partial charge is 0.481 e. The predicted octanol–water partition coefficient (Wildman–Crippen LogP) is 6.79. The molecule has 0 saturated heterocycles. The lowest BCUT2D eigenvalue weighted by atomic mass is 10.2. The molecular formula is C24H38O4S. The number of rotatable bonds is 19. The van der Waals surface area contributed by atoms with E-state index >= 15 is 0 Å². The lowest BCUT2D eigenvalue weighted by molar-refractivity contribution is -0.142. The third-order valence-corrected chi connectivity index (χ3v) is 5.47. The van der Waals surface area contributed by atoms with Gasteiger partial charge in [0.15, 0.2) is 0 Å². The first-order valence-corrected chi connectivity index (χ1v) is 11.8. The highest BCUT2D eigenvalue weighted by molar-refractivity contribution is 8.00. The molecule has 0 aromatic heterocycles. The van der Waals surface area contributed by atoms with Gasteiger partial charge in [0.25, 0.3) is 0 Å². The zero-order valence-electron chi connectivity index (χ0n) is 17.8. The third kappa shape index (κ3) is 20.8. The maximum atomic E-state index is 10.9. The molecular weight excluding hydrogens is 384 g/mol. The van der Waals surface area contributed by atoms with Crippen molar-refractivity contribution in [3.8, 4) is 0 Å². The van der Waals surface area contributed by atoms with Crippen molar-refractivity contribution in [2.45, 2.75) is 82.8 Å². The van der Waals surface area contributed by atoms with Gasteiger partial charge >= 0.3 is 11.9 Å². The van der Waals surface area contributed by atoms with Gasteiger partial charge in [-0.05, 0) is 57.1 Å². The number of carbonyl (C=O) groups is 2. The lowest BCUT2D eigenvalue weighted by Gasteiger charge is -2.08. The van der Waals surface area contributed by atoms with Crippen LogP contribution in [-0.4, -0.2) is 33.2 Å². The molecule has 0 aliphatic heterocycles. The van der Waals surface area contributed by atoms with Gasteiger partial charge in [-0.15, -0.1) is 11.8 Å². The predicted molar refractivity (Wildman–Crippen MR) is 125 cm³/mol. The van der Waals surface area contributed by atoms with E-state index in [1.807, 2.05) is 0 Å². The Morgan fingerprint density at radius 2 is 1.24 bits per heavy atom. The summed E-state index contributed by atoms with van der Waals surface area (Å²) in [5.74, 6) is -1.43. The van der Waals surface area contributed by atoms with E-state index in [-0.39, 0.29) is 6.42 Å². The van der Waals surface area contributed by atoms with Gasteiger partial charge in [0.2, 0.25) is 0 Å². The summed E-state index contributed by atoms with van der Waals surface area (Å²) in [4.78, 5) is 21.6. The molecule has 5 heteroatoms. The monoisotopic (exact) mass is 422 g/mol. The fraction of sp³-hybridized carbons (Fsp3) is 0.583. The van der Waals surface area contributed by atoms with Crippen molar-refractivity contribution in [3.63, 3.8) is 0 Å². The van der Waals surface area contributed by atoms with Crippen molar-refractivity contribution in [1.82, 2.24) is 0 Å². The topological polar surface area (TPSA) is 74.6 Å². The maximum Gasteiger partial charge on any atom is 0.317 e. The van der Waals surface area contributed by atoms with Crippen LogP contribution in [-0.2, 0) is 9.59 Å². The van der Waals surface area contributed by atoms with Crippen molar-refractivity contribution < 1.29 is 19.8 Å². The molecule has 2 N–H and O–H groups in total. The van der Waals surface area contributed by atoms with Gasteiger partial charge < -0.3 is 10.2 Å². The summed E-state index contributed by atoms with van der Waals surface area (Å²) in [5, 5.41) is 16.8. The van der Waals surface area contributed by atoms with E-state index < -0.39 is 17.2 Å². The van der Waals surface area contributed by atoms with Gasteiger partial charge in [-0.1, -0.05) is 68.4 Å². The van der Waals surface area contributed by atoms with Crippen LogP contribution in [0, 0.1) is 0 Å². The summed E-state index contributed by atoms with van der Waals surface area (Å²) in [7, 11) is 0. The molecule has 0 bridgehead atoms. The Bertz CT molecular complexity index is 535. The SMILES string of the molecule is CCCCCC=CCC=CCC=CCC=CCCCCSC(CC(=O)O)C(=O)O. The fourth-order valence-electron chi connectivity index (χ4n) is 2.53. The minimum absolute atomic E-state index is 0.322. The van der Waals surface area contributed by atoms with Crippen LogP contribution in [0.25, 0.3) is 0 Å². The van der Waals surface area contributed by atoms with Gasteiger partial charge in [0.05, 0.1) is 6.42 Å². The fourth-order valence-corrected chi connectivity index (χ4v) is 3.59. The zero-order chi connectivity index (χ0) is 21.6. The number of carboxylic acid groups (broad SMARTS) is 2. The third-order valence-electron chi connectivity index (χ3n) is 4.18. The second-order valence-corrected chi connectivity index (χ2v) is 8.19. The summed E-state index contributed by atoms with van der Waals surface area (Å²) in [5.41, 5.74) is 0. The molecule has 0 aliphatic rings. The summed E-state index contributed by atoms with van der Waals surface area (Å²) >= 11 is 1.22. The summed E-state index contributed by atoms with van der Waals surface area (Å²) in [6, 6.07) is 0. The van der Waals surface area contributed by atoms with E-state index in [9.17, 15) is 9.59 Å². The Balaban J connectivity index is 3.58. The Hall–Kier alpha value is -1.75. The molecule has 1 unspecified atom stereocenters. The van der Waals surface area contributed by atoms with Crippen LogP contribution in [0.4, 0.5) is 0 Å². The van der Waals surface area contributed by atoms with Gasteiger partial charge in [0, 0.05) is 0 Å². The normalized spacial score (nSPS) is 13.3. The molecule has 0 rings (SSSR count). The van der Waals surface area contributed by atoms with Crippen LogP contribution in [0.5, 0.6) is 0 Å². The van der Waals surface area contributed by atoms with Gasteiger partial charge in [-0.25, -0.2) is 0 Å². The first-order chi connectivity index (χ1) is 14.1. The molecule has 164 valence electrons. The van der Waals surface area contributed by atoms with Crippen molar-refractivity contribution in [2.24, 2.45) is 0 Å². The van der Waals surface area contributed by atoms with Crippen LogP contribution in [0.15, 0.2) is 48.6 Å². The molecule has 0 aromatic rings. The molecule has 0 amide bonds.